The van der Waals surface area contributed by atoms with Crippen LogP contribution in [0, 0.1) is 0 Å². The van der Waals surface area contributed by atoms with E-state index in [0.717, 1.165) is 0 Å². The summed E-state index contributed by atoms with van der Waals surface area (Å²) >= 11 is 11.7. The molecule has 0 atom stereocenters. The second-order valence-electron chi connectivity index (χ2n) is 2.68. The highest BCUT2D eigenvalue weighted by atomic mass is 35.5. The van der Waals surface area contributed by atoms with Crippen molar-refractivity contribution < 1.29 is 14.8 Å². The van der Waals surface area contributed by atoms with Crippen LogP contribution in [0.15, 0.2) is 23.4 Å². The molecular formula is C9H8Cl2N2O3. The third-order valence-electron chi connectivity index (χ3n) is 1.58. The molecule has 1 rings (SSSR count). The van der Waals surface area contributed by atoms with Gasteiger partial charge in [-0.15, -0.1) is 0 Å². The predicted molar refractivity (Wildman–Crippen MR) is 59.9 cm³/mol. The van der Waals surface area contributed by atoms with Gasteiger partial charge in [0.15, 0.2) is 6.61 Å². The first kappa shape index (κ1) is 12.8. The van der Waals surface area contributed by atoms with Gasteiger partial charge in [0, 0.05) is 5.56 Å². The Morgan fingerprint density at radius 3 is 2.69 bits per heavy atom. The number of hydroxylamine groups is 1. The summed E-state index contributed by atoms with van der Waals surface area (Å²) in [5.41, 5.74) is 1.89. The van der Waals surface area contributed by atoms with Crippen molar-refractivity contribution in [2.24, 2.45) is 5.16 Å². The maximum atomic E-state index is 10.5. The van der Waals surface area contributed by atoms with E-state index in [0.29, 0.717) is 15.6 Å². The van der Waals surface area contributed by atoms with Crippen LogP contribution in [-0.4, -0.2) is 23.9 Å². The quantitative estimate of drug-likeness (QED) is 0.494. The zero-order valence-electron chi connectivity index (χ0n) is 7.98. The van der Waals surface area contributed by atoms with Crippen molar-refractivity contribution in [3.63, 3.8) is 0 Å². The number of amides is 1. The third-order valence-corrected chi connectivity index (χ3v) is 2.24. The Kier molecular flexibility index (Phi) is 5.04. The first-order chi connectivity index (χ1) is 7.65. The van der Waals surface area contributed by atoms with Crippen LogP contribution in [0.25, 0.3) is 0 Å². The van der Waals surface area contributed by atoms with Gasteiger partial charge < -0.3 is 4.84 Å². The Labute approximate surface area is 102 Å². The Hall–Kier alpha value is -1.30. The van der Waals surface area contributed by atoms with Crippen LogP contribution < -0.4 is 5.48 Å². The molecule has 1 aromatic rings. The molecule has 0 aliphatic carbocycles. The van der Waals surface area contributed by atoms with Crippen molar-refractivity contribution in [3.05, 3.63) is 33.8 Å². The highest BCUT2D eigenvalue weighted by Gasteiger charge is 2.02. The van der Waals surface area contributed by atoms with Crippen molar-refractivity contribution >= 4 is 35.3 Å². The Morgan fingerprint density at radius 1 is 1.50 bits per heavy atom. The third kappa shape index (κ3) is 3.69. The molecule has 0 bridgehead atoms. The summed E-state index contributed by atoms with van der Waals surface area (Å²) in [7, 11) is 0. The van der Waals surface area contributed by atoms with Crippen LogP contribution in [0.4, 0.5) is 0 Å². The predicted octanol–water partition coefficient (Wildman–Crippen LogP) is 1.85. The SMILES string of the molecule is O=C(CON=Cc1c(Cl)cccc1Cl)NO. The molecule has 1 amide bonds. The Bertz CT molecular complexity index is 389. The summed E-state index contributed by atoms with van der Waals surface area (Å²) in [6, 6.07) is 4.99. The topological polar surface area (TPSA) is 70.9 Å². The summed E-state index contributed by atoms with van der Waals surface area (Å²) in [5.74, 6) is -0.706. The number of hydrogen-bond donors (Lipinski definition) is 2. The van der Waals surface area contributed by atoms with Crippen LogP contribution >= 0.6 is 23.2 Å². The number of nitrogens with one attached hydrogen (secondary N) is 1. The molecule has 0 aliphatic rings. The number of halogens is 2. The number of carbonyl (C=O) groups is 1. The molecule has 0 fully saturated rings. The standard InChI is InChI=1S/C9H8Cl2N2O3/c10-7-2-1-3-8(11)6(7)4-12-16-5-9(14)13-15/h1-4,15H,5H2,(H,13,14). The van der Waals surface area contributed by atoms with Gasteiger partial charge in [0.1, 0.15) is 0 Å². The molecule has 0 saturated heterocycles. The van der Waals surface area contributed by atoms with E-state index in [1.54, 1.807) is 18.2 Å². The van der Waals surface area contributed by atoms with Crippen LogP contribution in [0.1, 0.15) is 5.56 Å². The molecule has 0 spiro atoms. The highest BCUT2D eigenvalue weighted by molar-refractivity contribution is 6.38. The number of benzene rings is 1. The lowest BCUT2D eigenvalue weighted by atomic mass is 10.2. The first-order valence-corrected chi connectivity index (χ1v) is 4.93. The average molecular weight is 263 g/mol. The molecule has 2 N–H and O–H groups in total. The maximum Gasteiger partial charge on any atom is 0.284 e. The summed E-state index contributed by atoms with van der Waals surface area (Å²) < 4.78 is 0. The molecule has 1 aromatic carbocycles. The molecule has 0 saturated carbocycles. The number of rotatable bonds is 4. The van der Waals surface area contributed by atoms with Crippen molar-refractivity contribution in [1.82, 2.24) is 5.48 Å². The van der Waals surface area contributed by atoms with Crippen LogP contribution in [0.5, 0.6) is 0 Å². The molecule has 0 unspecified atom stereocenters. The van der Waals surface area contributed by atoms with Gasteiger partial charge in [-0.2, -0.15) is 0 Å². The van der Waals surface area contributed by atoms with Gasteiger partial charge in [0.25, 0.3) is 5.91 Å². The lowest BCUT2D eigenvalue weighted by Gasteiger charge is -2.00. The fourth-order valence-electron chi connectivity index (χ4n) is 0.852. The fraction of sp³-hybridized carbons (Fsp3) is 0.111. The maximum absolute atomic E-state index is 10.5. The second kappa shape index (κ2) is 6.32. The second-order valence-corrected chi connectivity index (χ2v) is 3.49. The van der Waals surface area contributed by atoms with Crippen molar-refractivity contribution in [3.8, 4) is 0 Å². The van der Waals surface area contributed by atoms with Crippen LogP contribution in [-0.2, 0) is 9.63 Å². The number of carbonyl (C=O) groups excluding carboxylic acids is 1. The van der Waals surface area contributed by atoms with Gasteiger partial charge >= 0.3 is 0 Å². The van der Waals surface area contributed by atoms with Crippen LogP contribution in [0.3, 0.4) is 0 Å². The van der Waals surface area contributed by atoms with E-state index in [1.165, 1.54) is 11.7 Å². The van der Waals surface area contributed by atoms with Gasteiger partial charge in [-0.05, 0) is 12.1 Å². The van der Waals surface area contributed by atoms with Crippen molar-refractivity contribution in [2.75, 3.05) is 6.61 Å². The van der Waals surface area contributed by atoms with E-state index in [2.05, 4.69) is 9.99 Å². The summed E-state index contributed by atoms with van der Waals surface area (Å²) in [6.45, 7) is -0.394. The van der Waals surface area contributed by atoms with E-state index >= 15 is 0 Å². The van der Waals surface area contributed by atoms with Gasteiger partial charge in [-0.1, -0.05) is 34.4 Å². The van der Waals surface area contributed by atoms with Gasteiger partial charge in [0.2, 0.25) is 0 Å². The lowest BCUT2D eigenvalue weighted by molar-refractivity contribution is -0.133. The molecular weight excluding hydrogens is 255 g/mol. The Morgan fingerprint density at radius 2 is 2.12 bits per heavy atom. The molecule has 0 aliphatic heterocycles. The minimum Gasteiger partial charge on any atom is -0.386 e. The van der Waals surface area contributed by atoms with Crippen molar-refractivity contribution in [1.29, 1.82) is 0 Å². The Balaban J connectivity index is 2.59. The van der Waals surface area contributed by atoms with Gasteiger partial charge in [0.05, 0.1) is 16.3 Å². The number of nitrogens with zero attached hydrogens (tertiary/aromatic N) is 1. The molecule has 7 heteroatoms. The minimum atomic E-state index is -0.706. The fourth-order valence-corrected chi connectivity index (χ4v) is 1.35. The monoisotopic (exact) mass is 262 g/mol. The molecule has 16 heavy (non-hydrogen) atoms. The molecule has 5 nitrogen and oxygen atoms in total. The smallest absolute Gasteiger partial charge is 0.284 e. The molecule has 0 aromatic heterocycles. The van der Waals surface area contributed by atoms with Crippen LogP contribution in [0.2, 0.25) is 10.0 Å². The van der Waals surface area contributed by atoms with E-state index in [1.807, 2.05) is 0 Å². The lowest BCUT2D eigenvalue weighted by Crippen LogP contribution is -2.22. The van der Waals surface area contributed by atoms with E-state index in [-0.39, 0.29) is 0 Å². The number of oxime groups is 1. The summed E-state index contributed by atoms with van der Waals surface area (Å²) in [6.07, 6.45) is 1.29. The number of hydrogen-bond acceptors (Lipinski definition) is 4. The zero-order valence-corrected chi connectivity index (χ0v) is 9.50. The summed E-state index contributed by atoms with van der Waals surface area (Å²) in [5, 5.41) is 12.5. The summed E-state index contributed by atoms with van der Waals surface area (Å²) in [4.78, 5) is 15.1. The van der Waals surface area contributed by atoms with E-state index in [4.69, 9.17) is 28.4 Å². The highest BCUT2D eigenvalue weighted by Crippen LogP contribution is 2.22. The average Bonchev–Trinajstić information content (AvgIpc) is 2.27. The molecule has 86 valence electrons. The first-order valence-electron chi connectivity index (χ1n) is 4.17. The van der Waals surface area contributed by atoms with Gasteiger partial charge in [-0.3, -0.25) is 10.0 Å². The minimum absolute atomic E-state index is 0.394. The zero-order chi connectivity index (χ0) is 12.0. The molecule has 0 heterocycles. The normalized spacial score (nSPS) is 10.4. The van der Waals surface area contributed by atoms with Crippen molar-refractivity contribution in [2.45, 2.75) is 0 Å². The molecule has 0 radical (unpaired) electrons. The van der Waals surface area contributed by atoms with E-state index in [9.17, 15) is 4.79 Å². The largest absolute Gasteiger partial charge is 0.386 e. The van der Waals surface area contributed by atoms with E-state index < -0.39 is 12.5 Å². The van der Waals surface area contributed by atoms with Gasteiger partial charge in [-0.25, -0.2) is 5.48 Å².